The molecule has 0 heterocycles. The van der Waals surface area contributed by atoms with Crippen molar-refractivity contribution in [1.82, 2.24) is 0 Å². The largest absolute Gasteiger partial charge is 0.486 e. The zero-order valence-corrected chi connectivity index (χ0v) is 10.8. The number of halogens is 2. The normalized spacial score (nSPS) is 9.73. The van der Waals surface area contributed by atoms with Gasteiger partial charge in [-0.3, -0.25) is 0 Å². The third kappa shape index (κ3) is 3.35. The number of hydrogen-bond acceptors (Lipinski definition) is 2. The molecule has 1 aromatic carbocycles. The fraction of sp³-hybridized carbons (Fsp3) is 0.100. The van der Waals surface area contributed by atoms with Gasteiger partial charge >= 0.3 is 5.97 Å². The highest BCUT2D eigenvalue weighted by atomic mass is 79.9. The first-order valence-corrected chi connectivity index (χ1v) is 5.59. The second-order valence-corrected chi connectivity index (χ2v) is 4.46. The molecular weight excluding hydrogens is 328 g/mol. The quantitative estimate of drug-likeness (QED) is 0.859. The zero-order chi connectivity index (χ0) is 11.4. The summed E-state index contributed by atoms with van der Waals surface area (Å²) in [6, 6.07) is 5.46. The van der Waals surface area contributed by atoms with Crippen molar-refractivity contribution in [3.63, 3.8) is 0 Å². The van der Waals surface area contributed by atoms with Crippen LogP contribution in [-0.2, 0) is 4.79 Å². The van der Waals surface area contributed by atoms with Crippen molar-refractivity contribution in [2.24, 2.45) is 0 Å². The van der Waals surface area contributed by atoms with E-state index < -0.39 is 5.97 Å². The van der Waals surface area contributed by atoms with Gasteiger partial charge in [-0.15, -0.1) is 0 Å². The van der Waals surface area contributed by atoms with Crippen LogP contribution in [0.4, 0.5) is 0 Å². The SMILES string of the molecule is C=C(COc1c(Br)cccc1Br)C(=O)O. The smallest absolute Gasteiger partial charge is 0.334 e. The second kappa shape index (κ2) is 5.32. The summed E-state index contributed by atoms with van der Waals surface area (Å²) in [5, 5.41) is 8.60. The Morgan fingerprint density at radius 2 is 1.93 bits per heavy atom. The topological polar surface area (TPSA) is 46.5 Å². The van der Waals surface area contributed by atoms with E-state index in [1.165, 1.54) is 0 Å². The Labute approximate surface area is 104 Å². The number of carbonyl (C=O) groups is 1. The fourth-order valence-corrected chi connectivity index (χ4v) is 2.07. The van der Waals surface area contributed by atoms with Gasteiger partial charge in [-0.2, -0.15) is 0 Å². The van der Waals surface area contributed by atoms with Crippen molar-refractivity contribution in [2.45, 2.75) is 0 Å². The molecule has 0 amide bonds. The Hall–Kier alpha value is -0.810. The van der Waals surface area contributed by atoms with E-state index in [1.54, 1.807) is 0 Å². The van der Waals surface area contributed by atoms with E-state index in [4.69, 9.17) is 9.84 Å². The lowest BCUT2D eigenvalue weighted by Gasteiger charge is -2.09. The molecule has 5 heteroatoms. The molecule has 0 aliphatic carbocycles. The van der Waals surface area contributed by atoms with E-state index in [9.17, 15) is 4.79 Å². The summed E-state index contributed by atoms with van der Waals surface area (Å²) in [5.74, 6) is -0.488. The number of carboxylic acid groups (broad SMARTS) is 1. The van der Waals surface area contributed by atoms with Gasteiger partial charge < -0.3 is 9.84 Å². The Bertz CT molecular complexity index is 381. The highest BCUT2D eigenvalue weighted by molar-refractivity contribution is 9.11. The summed E-state index contributed by atoms with van der Waals surface area (Å²) in [7, 11) is 0. The molecule has 15 heavy (non-hydrogen) atoms. The maximum Gasteiger partial charge on any atom is 0.334 e. The number of para-hydroxylation sites is 1. The lowest BCUT2D eigenvalue weighted by molar-refractivity contribution is -0.133. The van der Waals surface area contributed by atoms with Crippen molar-refractivity contribution in [2.75, 3.05) is 6.61 Å². The van der Waals surface area contributed by atoms with Crippen LogP contribution in [-0.4, -0.2) is 17.7 Å². The fourth-order valence-electron chi connectivity index (χ4n) is 0.841. The zero-order valence-electron chi connectivity index (χ0n) is 7.67. The van der Waals surface area contributed by atoms with Crippen LogP contribution in [0.15, 0.2) is 39.3 Å². The maximum atomic E-state index is 10.5. The predicted octanol–water partition coefficient (Wildman–Crippen LogP) is 3.23. The van der Waals surface area contributed by atoms with E-state index in [0.717, 1.165) is 8.95 Å². The molecule has 0 aliphatic rings. The molecule has 0 unspecified atom stereocenters. The van der Waals surface area contributed by atoms with Crippen molar-refractivity contribution in [3.05, 3.63) is 39.3 Å². The van der Waals surface area contributed by atoms with E-state index >= 15 is 0 Å². The number of rotatable bonds is 4. The van der Waals surface area contributed by atoms with Crippen molar-refractivity contribution in [1.29, 1.82) is 0 Å². The van der Waals surface area contributed by atoms with E-state index in [-0.39, 0.29) is 12.2 Å². The first-order valence-electron chi connectivity index (χ1n) is 4.00. The van der Waals surface area contributed by atoms with Crippen molar-refractivity contribution >= 4 is 37.8 Å². The average molecular weight is 336 g/mol. The maximum absolute atomic E-state index is 10.5. The summed E-state index contributed by atoms with van der Waals surface area (Å²) in [5.41, 5.74) is 0.0117. The molecule has 0 aliphatic heterocycles. The van der Waals surface area contributed by atoms with Crippen molar-refractivity contribution in [3.8, 4) is 5.75 Å². The molecule has 80 valence electrons. The molecule has 3 nitrogen and oxygen atoms in total. The lowest BCUT2D eigenvalue weighted by Crippen LogP contribution is -2.09. The molecule has 0 aromatic heterocycles. The molecule has 0 radical (unpaired) electrons. The van der Waals surface area contributed by atoms with Crippen LogP contribution < -0.4 is 4.74 Å². The van der Waals surface area contributed by atoms with Crippen molar-refractivity contribution < 1.29 is 14.6 Å². The summed E-state index contributed by atoms with van der Waals surface area (Å²) < 4.78 is 6.84. The van der Waals surface area contributed by atoms with Gasteiger partial charge in [0.2, 0.25) is 0 Å². The first-order chi connectivity index (χ1) is 7.02. The van der Waals surface area contributed by atoms with E-state index in [1.807, 2.05) is 18.2 Å². The second-order valence-electron chi connectivity index (χ2n) is 2.75. The predicted molar refractivity (Wildman–Crippen MR) is 64.1 cm³/mol. The Morgan fingerprint density at radius 1 is 1.40 bits per heavy atom. The average Bonchev–Trinajstić information content (AvgIpc) is 2.16. The van der Waals surface area contributed by atoms with E-state index in [2.05, 4.69) is 38.4 Å². The lowest BCUT2D eigenvalue weighted by atomic mass is 10.3. The minimum absolute atomic E-state index is 0.0117. The highest BCUT2D eigenvalue weighted by Gasteiger charge is 2.09. The molecule has 1 N–H and O–H groups in total. The third-order valence-electron chi connectivity index (χ3n) is 1.61. The first kappa shape index (κ1) is 12.3. The highest BCUT2D eigenvalue weighted by Crippen LogP contribution is 2.33. The van der Waals surface area contributed by atoms with Gasteiger partial charge in [0.15, 0.2) is 0 Å². The monoisotopic (exact) mass is 334 g/mol. The van der Waals surface area contributed by atoms with Gasteiger partial charge in [-0.1, -0.05) is 12.6 Å². The minimum atomic E-state index is -1.06. The number of benzene rings is 1. The Kier molecular flexibility index (Phi) is 4.35. The molecule has 0 fully saturated rings. The standard InChI is InChI=1S/C10H8Br2O3/c1-6(10(13)14)5-15-9-7(11)3-2-4-8(9)12/h2-4H,1,5H2,(H,13,14). The van der Waals surface area contributed by atoms with Crippen LogP contribution in [0.5, 0.6) is 5.75 Å². The third-order valence-corrected chi connectivity index (χ3v) is 2.86. The molecule has 0 bridgehead atoms. The molecule has 1 aromatic rings. The Balaban J connectivity index is 2.73. The van der Waals surface area contributed by atoms with Crippen LogP contribution in [0.1, 0.15) is 0 Å². The number of hydrogen-bond donors (Lipinski definition) is 1. The number of ether oxygens (including phenoxy) is 1. The molecule has 0 saturated heterocycles. The van der Waals surface area contributed by atoms with E-state index in [0.29, 0.717) is 5.75 Å². The summed E-state index contributed by atoms with van der Waals surface area (Å²) in [6.07, 6.45) is 0. The van der Waals surface area contributed by atoms with Gasteiger partial charge in [0, 0.05) is 0 Å². The van der Waals surface area contributed by atoms with Crippen LogP contribution in [0.2, 0.25) is 0 Å². The summed E-state index contributed by atoms with van der Waals surface area (Å²) in [4.78, 5) is 10.5. The molecular formula is C10H8Br2O3. The molecule has 1 rings (SSSR count). The summed E-state index contributed by atoms with van der Waals surface area (Å²) >= 11 is 6.60. The van der Waals surface area contributed by atoms with Crippen LogP contribution in [0.25, 0.3) is 0 Å². The van der Waals surface area contributed by atoms with Gasteiger partial charge in [-0.05, 0) is 44.0 Å². The van der Waals surface area contributed by atoms with Gasteiger partial charge in [0.1, 0.15) is 12.4 Å². The van der Waals surface area contributed by atoms with Gasteiger partial charge in [0.05, 0.1) is 14.5 Å². The number of aliphatic carboxylic acids is 1. The van der Waals surface area contributed by atoms with Gasteiger partial charge in [0.25, 0.3) is 0 Å². The van der Waals surface area contributed by atoms with Gasteiger partial charge in [-0.25, -0.2) is 4.79 Å². The molecule has 0 saturated carbocycles. The van der Waals surface area contributed by atoms with Crippen LogP contribution in [0.3, 0.4) is 0 Å². The minimum Gasteiger partial charge on any atom is -0.486 e. The Morgan fingerprint density at radius 3 is 2.40 bits per heavy atom. The summed E-state index contributed by atoms with van der Waals surface area (Å²) in [6.45, 7) is 3.33. The molecule has 0 spiro atoms. The van der Waals surface area contributed by atoms with Crippen LogP contribution in [0, 0.1) is 0 Å². The molecule has 0 atom stereocenters. The van der Waals surface area contributed by atoms with Crippen LogP contribution >= 0.6 is 31.9 Å². The number of carboxylic acids is 1.